The molecule has 0 spiro atoms. The van der Waals surface area contributed by atoms with Gasteiger partial charge in [-0.1, -0.05) is 0 Å². The number of carbonyl (C=O) groups is 2. The van der Waals surface area contributed by atoms with Crippen molar-refractivity contribution < 1.29 is 22.8 Å². The molecule has 1 atom stereocenters. The van der Waals surface area contributed by atoms with Crippen molar-refractivity contribution in [3.05, 3.63) is 47.0 Å². The van der Waals surface area contributed by atoms with Gasteiger partial charge in [0.15, 0.2) is 5.69 Å². The minimum absolute atomic E-state index is 0.106. The maximum atomic E-state index is 12.6. The molecular weight excluding hydrogens is 339 g/mol. The summed E-state index contributed by atoms with van der Waals surface area (Å²) in [6.45, 7) is 1.51. The van der Waals surface area contributed by atoms with Gasteiger partial charge in [-0.2, -0.15) is 18.3 Å². The number of hydrogen-bond donors (Lipinski definition) is 2. The van der Waals surface area contributed by atoms with Gasteiger partial charge in [-0.15, -0.1) is 0 Å². The van der Waals surface area contributed by atoms with Gasteiger partial charge in [0.25, 0.3) is 11.8 Å². The highest BCUT2D eigenvalue weighted by Gasteiger charge is 2.34. The Labute approximate surface area is 141 Å². The van der Waals surface area contributed by atoms with Crippen molar-refractivity contribution in [1.82, 2.24) is 25.4 Å². The van der Waals surface area contributed by atoms with Gasteiger partial charge in [0, 0.05) is 26.5 Å². The van der Waals surface area contributed by atoms with Gasteiger partial charge in [-0.25, -0.2) is 0 Å². The Kier molecular flexibility index (Phi) is 5.10. The van der Waals surface area contributed by atoms with E-state index in [0.717, 1.165) is 6.07 Å². The highest BCUT2D eigenvalue weighted by atomic mass is 19.4. The number of halogens is 3. The topological polar surface area (TPSA) is 91.0 Å². The first-order valence-electron chi connectivity index (χ1n) is 7.19. The van der Waals surface area contributed by atoms with E-state index in [1.807, 2.05) is 0 Å². The largest absolute Gasteiger partial charge is 0.435 e. The van der Waals surface area contributed by atoms with Crippen LogP contribution in [0.15, 0.2) is 24.5 Å². The van der Waals surface area contributed by atoms with E-state index in [4.69, 9.17) is 0 Å². The summed E-state index contributed by atoms with van der Waals surface area (Å²) in [7, 11) is 3.13. The molecular formula is C15H16F3N5O2. The highest BCUT2D eigenvalue weighted by Crippen LogP contribution is 2.28. The van der Waals surface area contributed by atoms with Crippen LogP contribution in [0.5, 0.6) is 0 Å². The van der Waals surface area contributed by atoms with Gasteiger partial charge in [-0.3, -0.25) is 19.7 Å². The Morgan fingerprint density at radius 2 is 1.84 bits per heavy atom. The van der Waals surface area contributed by atoms with Crippen molar-refractivity contribution in [3.8, 4) is 0 Å². The zero-order valence-corrected chi connectivity index (χ0v) is 13.7. The van der Waals surface area contributed by atoms with Gasteiger partial charge in [0.1, 0.15) is 0 Å². The van der Waals surface area contributed by atoms with Gasteiger partial charge in [-0.05, 0) is 19.1 Å². The Bertz CT molecular complexity index is 785. The zero-order valence-electron chi connectivity index (χ0n) is 13.7. The van der Waals surface area contributed by atoms with Crippen molar-refractivity contribution in [2.24, 2.45) is 0 Å². The lowest BCUT2D eigenvalue weighted by atomic mass is 10.1. The molecule has 0 aliphatic heterocycles. The number of aromatic nitrogens is 3. The predicted molar refractivity (Wildman–Crippen MR) is 81.7 cm³/mol. The molecule has 0 bridgehead atoms. The summed E-state index contributed by atoms with van der Waals surface area (Å²) in [6.07, 6.45) is -1.97. The molecule has 0 aromatic carbocycles. The normalized spacial score (nSPS) is 12.6. The van der Waals surface area contributed by atoms with Crippen LogP contribution in [0.4, 0.5) is 13.2 Å². The van der Waals surface area contributed by atoms with Crippen molar-refractivity contribution in [3.63, 3.8) is 0 Å². The molecule has 2 heterocycles. The van der Waals surface area contributed by atoms with Crippen LogP contribution < -0.4 is 5.32 Å². The molecule has 0 saturated carbocycles. The third kappa shape index (κ3) is 4.34. The number of H-pyrrole nitrogens is 1. The summed E-state index contributed by atoms with van der Waals surface area (Å²) < 4.78 is 37.7. The standard InChI is InChI=1S/C15H16F3N5O2/c1-8(11-5-12(22-21-11)15(16,17)18)20-13(24)9-4-10(7-19-6-9)14(25)23(2)3/h4-8H,1-3H3,(H,20,24)(H,21,22). The number of alkyl halides is 3. The van der Waals surface area contributed by atoms with Crippen LogP contribution in [0.1, 0.15) is 45.1 Å². The first-order valence-corrected chi connectivity index (χ1v) is 7.19. The van der Waals surface area contributed by atoms with Crippen LogP contribution in [0.2, 0.25) is 0 Å². The van der Waals surface area contributed by atoms with E-state index in [0.29, 0.717) is 0 Å². The molecule has 2 rings (SSSR count). The average molecular weight is 355 g/mol. The molecule has 7 nitrogen and oxygen atoms in total. The number of aromatic amines is 1. The quantitative estimate of drug-likeness (QED) is 0.878. The van der Waals surface area contributed by atoms with E-state index in [1.165, 1.54) is 30.3 Å². The molecule has 10 heteroatoms. The molecule has 0 radical (unpaired) electrons. The molecule has 2 aromatic heterocycles. The molecule has 134 valence electrons. The molecule has 2 amide bonds. The molecule has 25 heavy (non-hydrogen) atoms. The molecule has 2 aromatic rings. The maximum Gasteiger partial charge on any atom is 0.435 e. The van der Waals surface area contributed by atoms with Crippen molar-refractivity contribution in [2.75, 3.05) is 14.1 Å². The summed E-state index contributed by atoms with van der Waals surface area (Å²) in [5.74, 6) is -0.893. The monoisotopic (exact) mass is 355 g/mol. The minimum Gasteiger partial charge on any atom is -0.345 e. The van der Waals surface area contributed by atoms with Crippen molar-refractivity contribution in [2.45, 2.75) is 19.1 Å². The van der Waals surface area contributed by atoms with Crippen LogP contribution in [0.25, 0.3) is 0 Å². The Morgan fingerprint density at radius 1 is 1.20 bits per heavy atom. The third-order valence-corrected chi connectivity index (χ3v) is 3.36. The molecule has 0 fully saturated rings. The Morgan fingerprint density at radius 3 is 2.40 bits per heavy atom. The summed E-state index contributed by atoms with van der Waals surface area (Å²) >= 11 is 0. The second kappa shape index (κ2) is 6.91. The zero-order chi connectivity index (χ0) is 18.8. The van der Waals surface area contributed by atoms with Crippen molar-refractivity contribution >= 4 is 11.8 Å². The fraction of sp³-hybridized carbons (Fsp3) is 0.333. The second-order valence-corrected chi connectivity index (χ2v) is 5.56. The fourth-order valence-electron chi connectivity index (χ4n) is 2.00. The molecule has 2 N–H and O–H groups in total. The number of carbonyl (C=O) groups excluding carboxylic acids is 2. The van der Waals surface area contributed by atoms with Gasteiger partial charge in [0.05, 0.1) is 22.9 Å². The van der Waals surface area contributed by atoms with E-state index in [1.54, 1.807) is 14.1 Å². The number of hydrogen-bond acceptors (Lipinski definition) is 4. The third-order valence-electron chi connectivity index (χ3n) is 3.36. The van der Waals surface area contributed by atoms with E-state index in [-0.39, 0.29) is 22.7 Å². The maximum absolute atomic E-state index is 12.6. The fourth-order valence-corrected chi connectivity index (χ4v) is 2.00. The van der Waals surface area contributed by atoms with Gasteiger partial charge >= 0.3 is 6.18 Å². The number of amides is 2. The van der Waals surface area contributed by atoms with E-state index >= 15 is 0 Å². The average Bonchev–Trinajstić information content (AvgIpc) is 3.04. The van der Waals surface area contributed by atoms with Crippen LogP contribution in [-0.4, -0.2) is 46.0 Å². The summed E-state index contributed by atoms with van der Waals surface area (Å²) in [4.78, 5) is 29.3. The smallest absolute Gasteiger partial charge is 0.345 e. The van der Waals surface area contributed by atoms with Crippen molar-refractivity contribution in [1.29, 1.82) is 0 Å². The van der Waals surface area contributed by atoms with E-state index < -0.39 is 23.8 Å². The summed E-state index contributed by atoms with van der Waals surface area (Å²) in [5, 5.41) is 7.96. The highest BCUT2D eigenvalue weighted by molar-refractivity contribution is 5.99. The number of rotatable bonds is 4. The Hall–Kier alpha value is -2.91. The van der Waals surface area contributed by atoms with E-state index in [2.05, 4.69) is 20.5 Å². The molecule has 0 aliphatic rings. The molecule has 0 saturated heterocycles. The number of pyridine rings is 1. The lowest BCUT2D eigenvalue weighted by molar-refractivity contribution is -0.141. The first-order chi connectivity index (χ1) is 11.6. The lowest BCUT2D eigenvalue weighted by Crippen LogP contribution is -2.28. The first kappa shape index (κ1) is 18.4. The van der Waals surface area contributed by atoms with E-state index in [9.17, 15) is 22.8 Å². The predicted octanol–water partition coefficient (Wildman–Crippen LogP) is 2.02. The Balaban J connectivity index is 2.13. The minimum atomic E-state index is -4.57. The van der Waals surface area contributed by atoms with Gasteiger partial charge < -0.3 is 10.2 Å². The summed E-state index contributed by atoms with van der Waals surface area (Å²) in [6, 6.07) is 1.45. The van der Waals surface area contributed by atoms with Crippen LogP contribution >= 0.6 is 0 Å². The number of nitrogens with one attached hydrogen (secondary N) is 2. The second-order valence-electron chi connectivity index (χ2n) is 5.56. The molecule has 0 aliphatic carbocycles. The van der Waals surface area contributed by atoms with Gasteiger partial charge in [0.2, 0.25) is 0 Å². The lowest BCUT2D eigenvalue weighted by Gasteiger charge is -2.13. The van der Waals surface area contributed by atoms with Crippen LogP contribution in [-0.2, 0) is 6.18 Å². The SMILES string of the molecule is CC(NC(=O)c1cncc(C(=O)N(C)C)c1)c1cc(C(F)(F)F)n[nH]1. The van der Waals surface area contributed by atoms with Crippen LogP contribution in [0, 0.1) is 0 Å². The van der Waals surface area contributed by atoms with Crippen LogP contribution in [0.3, 0.4) is 0 Å². The molecule has 1 unspecified atom stereocenters. The summed E-state index contributed by atoms with van der Waals surface area (Å²) in [5.41, 5.74) is -0.612. The number of nitrogens with zero attached hydrogens (tertiary/aromatic N) is 3.